The van der Waals surface area contributed by atoms with Gasteiger partial charge >= 0.3 is 0 Å². The van der Waals surface area contributed by atoms with Crippen LogP contribution in [0.15, 0.2) is 24.4 Å². The number of benzene rings is 1. The molecular formula is C11H13N2+. The van der Waals surface area contributed by atoms with Crippen LogP contribution in [-0.2, 0) is 13.1 Å². The third-order valence-corrected chi connectivity index (χ3v) is 2.82. The molecule has 0 fully saturated rings. The molecule has 2 aromatic rings. The predicted molar refractivity (Wildman–Crippen MR) is 51.5 cm³/mol. The molecule has 0 spiro atoms. The van der Waals surface area contributed by atoms with E-state index in [0.29, 0.717) is 0 Å². The van der Waals surface area contributed by atoms with E-state index in [4.69, 9.17) is 0 Å². The second-order valence-corrected chi connectivity index (χ2v) is 3.83. The van der Waals surface area contributed by atoms with Crippen LogP contribution in [0, 0.1) is 6.92 Å². The summed E-state index contributed by atoms with van der Waals surface area (Å²) in [6.07, 6.45) is 3.53. The van der Waals surface area contributed by atoms with Crippen LogP contribution in [0.3, 0.4) is 0 Å². The predicted octanol–water partition coefficient (Wildman–Crippen LogP) is 1.64. The molecule has 0 radical (unpaired) electrons. The topological polar surface area (TPSA) is 8.81 Å². The van der Waals surface area contributed by atoms with E-state index in [9.17, 15) is 0 Å². The van der Waals surface area contributed by atoms with Crippen LogP contribution in [-0.4, -0.2) is 4.68 Å². The fourth-order valence-corrected chi connectivity index (χ4v) is 2.17. The van der Waals surface area contributed by atoms with E-state index in [-0.39, 0.29) is 0 Å². The van der Waals surface area contributed by atoms with Crippen LogP contribution in [0.2, 0.25) is 0 Å². The van der Waals surface area contributed by atoms with E-state index in [0.717, 1.165) is 0 Å². The third kappa shape index (κ3) is 0.916. The Labute approximate surface area is 77.4 Å². The van der Waals surface area contributed by atoms with Gasteiger partial charge in [-0.2, -0.15) is 4.68 Å². The molecule has 0 unspecified atom stereocenters. The highest BCUT2D eigenvalue weighted by Crippen LogP contribution is 2.16. The Morgan fingerprint density at radius 3 is 3.23 bits per heavy atom. The molecule has 1 aliphatic rings. The molecule has 0 saturated carbocycles. The fraction of sp³-hybridized carbons (Fsp3) is 0.364. The van der Waals surface area contributed by atoms with Gasteiger partial charge in [-0.05, 0) is 24.6 Å². The Morgan fingerprint density at radius 2 is 2.31 bits per heavy atom. The van der Waals surface area contributed by atoms with Crippen LogP contribution in [0.25, 0.3) is 10.9 Å². The summed E-state index contributed by atoms with van der Waals surface area (Å²) in [5, 5.41) is 1.37. The van der Waals surface area contributed by atoms with E-state index in [1.807, 2.05) is 0 Å². The largest absolute Gasteiger partial charge is 0.203 e. The molecule has 66 valence electrons. The van der Waals surface area contributed by atoms with Gasteiger partial charge in [-0.1, -0.05) is 6.07 Å². The molecule has 2 heterocycles. The summed E-state index contributed by atoms with van der Waals surface area (Å²) in [6, 6.07) is 6.67. The smallest absolute Gasteiger partial charge is 0.153 e. The molecule has 0 saturated heterocycles. The van der Waals surface area contributed by atoms with Gasteiger partial charge in [0, 0.05) is 6.42 Å². The Morgan fingerprint density at radius 1 is 1.38 bits per heavy atom. The molecule has 1 aliphatic heterocycles. The average molecular weight is 173 g/mol. The lowest BCUT2D eigenvalue weighted by atomic mass is 10.2. The van der Waals surface area contributed by atoms with Crippen molar-refractivity contribution in [3.05, 3.63) is 30.0 Å². The van der Waals surface area contributed by atoms with Crippen LogP contribution in [0.1, 0.15) is 12.0 Å². The maximum absolute atomic E-state index is 2.38. The first-order valence-electron chi connectivity index (χ1n) is 4.84. The van der Waals surface area contributed by atoms with Crippen molar-refractivity contribution in [3.63, 3.8) is 0 Å². The summed E-state index contributed by atoms with van der Waals surface area (Å²) in [5.41, 5.74) is 2.73. The first kappa shape index (κ1) is 7.13. The number of aromatic nitrogens is 2. The highest BCUT2D eigenvalue weighted by Gasteiger charge is 2.20. The van der Waals surface area contributed by atoms with Gasteiger partial charge in [-0.15, -0.1) is 4.68 Å². The molecule has 2 nitrogen and oxygen atoms in total. The first-order chi connectivity index (χ1) is 6.34. The van der Waals surface area contributed by atoms with Crippen molar-refractivity contribution in [2.45, 2.75) is 26.4 Å². The maximum Gasteiger partial charge on any atom is 0.203 e. The van der Waals surface area contributed by atoms with E-state index in [2.05, 4.69) is 40.7 Å². The standard InChI is InChI=1S/C11H13N2/c1-9-3-4-10-8-12-5-2-6-13(12)11(10)7-9/h3-4,7-8H,2,5-6H2,1H3/q+1. The number of rotatable bonds is 0. The normalized spacial score (nSPS) is 15.2. The van der Waals surface area contributed by atoms with Gasteiger partial charge in [-0.3, -0.25) is 0 Å². The number of nitrogens with zero attached hydrogens (tertiary/aromatic N) is 2. The summed E-state index contributed by atoms with van der Waals surface area (Å²) in [5.74, 6) is 0. The van der Waals surface area contributed by atoms with Crippen LogP contribution >= 0.6 is 0 Å². The Bertz CT molecular complexity index is 468. The highest BCUT2D eigenvalue weighted by molar-refractivity contribution is 5.78. The number of hydrogen-bond acceptors (Lipinski definition) is 0. The molecule has 13 heavy (non-hydrogen) atoms. The SMILES string of the molecule is Cc1ccc2c[n+]3n(c2c1)CCC3. The lowest BCUT2D eigenvalue weighted by Crippen LogP contribution is -2.35. The van der Waals surface area contributed by atoms with Gasteiger partial charge in [0.25, 0.3) is 0 Å². The van der Waals surface area contributed by atoms with Crippen LogP contribution in [0.4, 0.5) is 0 Å². The molecule has 0 amide bonds. The molecule has 0 atom stereocenters. The minimum absolute atomic E-state index is 1.17. The van der Waals surface area contributed by atoms with E-state index >= 15 is 0 Å². The van der Waals surface area contributed by atoms with Crippen molar-refractivity contribution in [1.82, 2.24) is 4.68 Å². The molecule has 0 bridgehead atoms. The summed E-state index contributed by atoms with van der Waals surface area (Å²) in [7, 11) is 0. The van der Waals surface area contributed by atoms with Crippen molar-refractivity contribution in [2.75, 3.05) is 0 Å². The van der Waals surface area contributed by atoms with Gasteiger partial charge in [0.1, 0.15) is 5.52 Å². The monoisotopic (exact) mass is 173 g/mol. The minimum atomic E-state index is 1.17. The molecule has 2 heteroatoms. The Balaban J connectivity index is 2.40. The lowest BCUT2D eigenvalue weighted by Gasteiger charge is -1.93. The van der Waals surface area contributed by atoms with Crippen molar-refractivity contribution in [3.8, 4) is 0 Å². The molecule has 0 aliphatic carbocycles. The molecule has 0 N–H and O–H groups in total. The number of aryl methyl sites for hydroxylation is 3. The van der Waals surface area contributed by atoms with Crippen molar-refractivity contribution < 1.29 is 4.68 Å². The second kappa shape index (κ2) is 2.34. The van der Waals surface area contributed by atoms with Crippen molar-refractivity contribution >= 4 is 10.9 Å². The Hall–Kier alpha value is -1.31. The molecule has 3 rings (SSSR count). The maximum atomic E-state index is 2.38. The second-order valence-electron chi connectivity index (χ2n) is 3.83. The van der Waals surface area contributed by atoms with Gasteiger partial charge in [0.2, 0.25) is 6.20 Å². The highest BCUT2D eigenvalue weighted by atomic mass is 15.4. The summed E-state index contributed by atoms with van der Waals surface area (Å²) in [4.78, 5) is 0. The van der Waals surface area contributed by atoms with E-state index in [1.165, 1.54) is 36.0 Å². The summed E-state index contributed by atoms with van der Waals surface area (Å²) in [6.45, 7) is 4.50. The number of fused-ring (bicyclic) bond motifs is 3. The third-order valence-electron chi connectivity index (χ3n) is 2.82. The Kier molecular flexibility index (Phi) is 1.29. The zero-order chi connectivity index (χ0) is 8.84. The van der Waals surface area contributed by atoms with Crippen molar-refractivity contribution in [2.24, 2.45) is 0 Å². The van der Waals surface area contributed by atoms with Gasteiger partial charge in [0.05, 0.1) is 11.9 Å². The number of hydrogen-bond donors (Lipinski definition) is 0. The summed E-state index contributed by atoms with van der Waals surface area (Å²) >= 11 is 0. The minimum Gasteiger partial charge on any atom is -0.153 e. The summed E-state index contributed by atoms with van der Waals surface area (Å²) < 4.78 is 4.70. The van der Waals surface area contributed by atoms with E-state index in [1.54, 1.807) is 0 Å². The average Bonchev–Trinajstić information content (AvgIpc) is 2.64. The van der Waals surface area contributed by atoms with Gasteiger partial charge < -0.3 is 0 Å². The lowest BCUT2D eigenvalue weighted by molar-refractivity contribution is -0.755. The van der Waals surface area contributed by atoms with Crippen LogP contribution < -0.4 is 4.68 Å². The zero-order valence-corrected chi connectivity index (χ0v) is 7.83. The van der Waals surface area contributed by atoms with Gasteiger partial charge in [0.15, 0.2) is 6.54 Å². The zero-order valence-electron chi connectivity index (χ0n) is 7.83. The first-order valence-corrected chi connectivity index (χ1v) is 4.84. The molecule has 1 aromatic carbocycles. The van der Waals surface area contributed by atoms with Crippen molar-refractivity contribution in [1.29, 1.82) is 0 Å². The molecule has 1 aromatic heterocycles. The molecular weight excluding hydrogens is 160 g/mol. The van der Waals surface area contributed by atoms with Gasteiger partial charge in [-0.25, -0.2) is 0 Å². The quantitative estimate of drug-likeness (QED) is 0.535. The van der Waals surface area contributed by atoms with Crippen LogP contribution in [0.5, 0.6) is 0 Å². The van der Waals surface area contributed by atoms with E-state index < -0.39 is 0 Å². The fourth-order valence-electron chi connectivity index (χ4n) is 2.17.